The van der Waals surface area contributed by atoms with Gasteiger partial charge < -0.3 is 14.0 Å². The van der Waals surface area contributed by atoms with Crippen LogP contribution >= 0.6 is 11.8 Å². The zero-order valence-electron chi connectivity index (χ0n) is 15.1. The largest absolute Gasteiger partial charge is 0.486 e. The lowest BCUT2D eigenvalue weighted by molar-refractivity contribution is 0.0777. The van der Waals surface area contributed by atoms with E-state index < -0.39 is 0 Å². The number of Topliss-reactive ketones (excluding diaryl/α,β-unsaturated/α-hetero) is 1. The molecule has 8 heteroatoms. The molecule has 27 heavy (non-hydrogen) atoms. The van der Waals surface area contributed by atoms with Crippen molar-refractivity contribution in [1.82, 2.24) is 19.7 Å². The summed E-state index contributed by atoms with van der Waals surface area (Å²) in [5, 5.41) is 7.19. The van der Waals surface area contributed by atoms with Gasteiger partial charge in [0.1, 0.15) is 12.9 Å². The summed E-state index contributed by atoms with van der Waals surface area (Å²) < 4.78 is 14.0. The summed E-state index contributed by atoms with van der Waals surface area (Å²) in [5.74, 6) is 1.92. The zero-order chi connectivity index (χ0) is 18.8. The van der Waals surface area contributed by atoms with Gasteiger partial charge in [-0.05, 0) is 32.0 Å². The summed E-state index contributed by atoms with van der Waals surface area (Å²) >= 11 is 1.35. The van der Waals surface area contributed by atoms with Crippen LogP contribution in [0.2, 0.25) is 0 Å². The Morgan fingerprint density at radius 2 is 2.15 bits per heavy atom. The van der Waals surface area contributed by atoms with Crippen molar-refractivity contribution >= 4 is 17.5 Å². The van der Waals surface area contributed by atoms with Crippen molar-refractivity contribution in [2.24, 2.45) is 0 Å². The summed E-state index contributed by atoms with van der Waals surface area (Å²) in [6, 6.07) is 9.61. The monoisotopic (exact) mass is 384 g/mol. The first-order chi connectivity index (χ1) is 13.1. The molecule has 1 aliphatic heterocycles. The Bertz CT molecular complexity index is 952. The maximum absolute atomic E-state index is 12.6. The van der Waals surface area contributed by atoms with E-state index >= 15 is 0 Å². The zero-order valence-corrected chi connectivity index (χ0v) is 16.0. The number of thioether (sulfide) groups is 1. The average Bonchev–Trinajstić information content (AvgIpc) is 3.30. The third-order valence-electron chi connectivity index (χ3n) is 4.56. The van der Waals surface area contributed by atoms with Crippen LogP contribution < -0.4 is 9.47 Å². The Labute approximate surface area is 161 Å². The molecule has 4 rings (SSSR count). The molecule has 2 aromatic heterocycles. The number of aromatic nitrogens is 4. The number of rotatable bonds is 6. The molecule has 1 aliphatic rings. The van der Waals surface area contributed by atoms with Crippen molar-refractivity contribution in [2.75, 3.05) is 12.4 Å². The summed E-state index contributed by atoms with van der Waals surface area (Å²) in [6.45, 7) is 5.09. The summed E-state index contributed by atoms with van der Waals surface area (Å²) in [7, 11) is 0. The molecule has 0 saturated carbocycles. The molecule has 3 aromatic rings. The van der Waals surface area contributed by atoms with E-state index in [1.807, 2.05) is 44.2 Å². The van der Waals surface area contributed by atoms with Crippen molar-refractivity contribution in [3.8, 4) is 11.5 Å². The normalized spacial score (nSPS) is 15.7. The van der Waals surface area contributed by atoms with Crippen LogP contribution in [0.15, 0.2) is 41.8 Å². The van der Waals surface area contributed by atoms with Crippen LogP contribution in [0.1, 0.15) is 21.7 Å². The van der Waals surface area contributed by atoms with Crippen molar-refractivity contribution in [1.29, 1.82) is 0 Å². The SMILES string of the molecule is Cc1cc(C(=O)CSc2ncn[nH]2)c(C)n1C[C@@H]1COc2ccccc2O1. The molecular weight excluding hydrogens is 364 g/mol. The maximum Gasteiger partial charge on any atom is 0.183 e. The maximum atomic E-state index is 12.6. The number of fused-ring (bicyclic) bond motifs is 1. The van der Waals surface area contributed by atoms with E-state index in [1.54, 1.807) is 0 Å². The quantitative estimate of drug-likeness (QED) is 0.520. The molecule has 3 heterocycles. The van der Waals surface area contributed by atoms with Gasteiger partial charge in [0.25, 0.3) is 0 Å². The highest BCUT2D eigenvalue weighted by molar-refractivity contribution is 7.99. The fraction of sp³-hybridized carbons (Fsp3) is 0.316. The second-order valence-electron chi connectivity index (χ2n) is 6.40. The number of aromatic amines is 1. The molecule has 0 aliphatic carbocycles. The number of hydrogen-bond donors (Lipinski definition) is 1. The highest BCUT2D eigenvalue weighted by Crippen LogP contribution is 2.31. The molecule has 0 amide bonds. The van der Waals surface area contributed by atoms with Crippen LogP contribution in [0.3, 0.4) is 0 Å². The molecule has 0 fully saturated rings. The minimum absolute atomic E-state index is 0.0712. The van der Waals surface area contributed by atoms with Crippen LogP contribution in [-0.2, 0) is 6.54 Å². The third kappa shape index (κ3) is 3.71. The molecule has 0 radical (unpaired) electrons. The second-order valence-corrected chi connectivity index (χ2v) is 7.36. The second kappa shape index (κ2) is 7.48. The fourth-order valence-corrected chi connectivity index (χ4v) is 3.86. The van der Waals surface area contributed by atoms with Crippen molar-refractivity contribution < 1.29 is 14.3 Å². The van der Waals surface area contributed by atoms with Crippen LogP contribution in [-0.4, -0.2) is 44.0 Å². The third-order valence-corrected chi connectivity index (χ3v) is 5.44. The molecule has 0 unspecified atom stereocenters. The summed E-state index contributed by atoms with van der Waals surface area (Å²) in [5.41, 5.74) is 2.71. The molecule has 0 spiro atoms. The lowest BCUT2D eigenvalue weighted by Gasteiger charge is -2.27. The molecular formula is C19H20N4O3S. The number of benzene rings is 1. The molecule has 7 nitrogen and oxygen atoms in total. The molecule has 0 bridgehead atoms. The molecule has 1 aromatic carbocycles. The fourth-order valence-electron chi connectivity index (χ4n) is 3.20. The van der Waals surface area contributed by atoms with E-state index in [0.29, 0.717) is 24.1 Å². The van der Waals surface area contributed by atoms with Crippen molar-refractivity contribution in [3.05, 3.63) is 53.6 Å². The highest BCUT2D eigenvalue weighted by Gasteiger charge is 2.24. The summed E-state index contributed by atoms with van der Waals surface area (Å²) in [4.78, 5) is 16.7. The summed E-state index contributed by atoms with van der Waals surface area (Å²) in [6.07, 6.45) is 1.33. The Morgan fingerprint density at radius 3 is 2.93 bits per heavy atom. The van der Waals surface area contributed by atoms with E-state index in [-0.39, 0.29) is 11.9 Å². The van der Waals surface area contributed by atoms with Gasteiger partial charge in [0.2, 0.25) is 0 Å². The lowest BCUT2D eigenvalue weighted by Crippen LogP contribution is -2.33. The number of aryl methyl sites for hydroxylation is 1. The van der Waals surface area contributed by atoms with Gasteiger partial charge in [-0.25, -0.2) is 4.98 Å². The number of carbonyl (C=O) groups excluding carboxylic acids is 1. The number of H-pyrrole nitrogens is 1. The molecule has 1 N–H and O–H groups in total. The number of hydrogen-bond acceptors (Lipinski definition) is 6. The average molecular weight is 384 g/mol. The highest BCUT2D eigenvalue weighted by atomic mass is 32.2. The number of para-hydroxylation sites is 2. The Kier molecular flexibility index (Phi) is 4.89. The lowest BCUT2D eigenvalue weighted by atomic mass is 10.2. The van der Waals surface area contributed by atoms with Gasteiger partial charge in [-0.1, -0.05) is 23.9 Å². The van der Waals surface area contributed by atoms with E-state index in [0.717, 1.165) is 28.5 Å². The van der Waals surface area contributed by atoms with Gasteiger partial charge in [0.15, 0.2) is 28.5 Å². The first-order valence-corrected chi connectivity index (χ1v) is 9.67. The topological polar surface area (TPSA) is 82.0 Å². The Hall–Kier alpha value is -2.74. The molecule has 140 valence electrons. The van der Waals surface area contributed by atoms with E-state index in [4.69, 9.17) is 9.47 Å². The van der Waals surface area contributed by atoms with Crippen LogP contribution in [0.5, 0.6) is 11.5 Å². The minimum atomic E-state index is -0.101. The number of nitrogens with zero attached hydrogens (tertiary/aromatic N) is 3. The first kappa shape index (κ1) is 17.7. The standard InChI is InChI=1S/C19H20N4O3S/c1-12-7-15(16(24)10-27-19-20-11-21-22-19)13(2)23(12)8-14-9-25-17-5-3-4-6-18(17)26-14/h3-7,11,14H,8-10H2,1-2H3,(H,20,21,22)/t14-/m1/s1. The predicted molar refractivity (Wildman–Crippen MR) is 102 cm³/mol. The number of nitrogens with one attached hydrogen (secondary N) is 1. The van der Waals surface area contributed by atoms with Gasteiger partial charge in [0.05, 0.1) is 12.3 Å². The van der Waals surface area contributed by atoms with Gasteiger partial charge >= 0.3 is 0 Å². The first-order valence-electron chi connectivity index (χ1n) is 8.68. The van der Waals surface area contributed by atoms with E-state index in [2.05, 4.69) is 19.7 Å². The predicted octanol–water partition coefficient (Wildman–Crippen LogP) is 3.04. The van der Waals surface area contributed by atoms with Crippen molar-refractivity contribution in [3.63, 3.8) is 0 Å². The number of carbonyl (C=O) groups is 1. The number of ketones is 1. The Balaban J connectivity index is 1.45. The van der Waals surface area contributed by atoms with Crippen molar-refractivity contribution in [2.45, 2.75) is 31.7 Å². The van der Waals surface area contributed by atoms with E-state index in [9.17, 15) is 4.79 Å². The van der Waals surface area contributed by atoms with Gasteiger partial charge in [0, 0.05) is 17.0 Å². The van der Waals surface area contributed by atoms with Gasteiger partial charge in [-0.15, -0.1) is 0 Å². The van der Waals surface area contributed by atoms with Crippen LogP contribution in [0, 0.1) is 13.8 Å². The van der Waals surface area contributed by atoms with E-state index in [1.165, 1.54) is 18.1 Å². The van der Waals surface area contributed by atoms with Crippen LogP contribution in [0.4, 0.5) is 0 Å². The molecule has 0 saturated heterocycles. The number of ether oxygens (including phenoxy) is 2. The Morgan fingerprint density at radius 1 is 1.33 bits per heavy atom. The van der Waals surface area contributed by atoms with Gasteiger partial charge in [-0.3, -0.25) is 9.89 Å². The smallest absolute Gasteiger partial charge is 0.183 e. The molecule has 1 atom stereocenters. The van der Waals surface area contributed by atoms with Crippen LogP contribution in [0.25, 0.3) is 0 Å². The minimum Gasteiger partial charge on any atom is -0.486 e. The van der Waals surface area contributed by atoms with Gasteiger partial charge in [-0.2, -0.15) is 5.10 Å².